The first kappa shape index (κ1) is 6.55. The average molecular weight is 147 g/mol. The Morgan fingerprint density at radius 3 is 3.36 bits per heavy atom. The summed E-state index contributed by atoms with van der Waals surface area (Å²) in [5.74, 6) is 0. The van der Waals surface area contributed by atoms with E-state index in [2.05, 4.69) is 4.98 Å². The van der Waals surface area contributed by atoms with Crippen LogP contribution in [-0.2, 0) is 6.42 Å². The van der Waals surface area contributed by atoms with Gasteiger partial charge >= 0.3 is 0 Å². The smallest absolute Gasteiger partial charge is 0.0779 e. The lowest BCUT2D eigenvalue weighted by Crippen LogP contribution is -2.12. The Bertz CT molecular complexity index is 293. The third-order valence-corrected chi connectivity index (χ3v) is 1.83. The van der Waals surface area contributed by atoms with Gasteiger partial charge in [-0.05, 0) is 11.6 Å². The van der Waals surface area contributed by atoms with Crippen molar-refractivity contribution in [3.05, 3.63) is 35.7 Å². The Hall–Kier alpha value is -1.15. The van der Waals surface area contributed by atoms with Crippen LogP contribution in [0.3, 0.4) is 0 Å². The minimum absolute atomic E-state index is 0.350. The zero-order valence-corrected chi connectivity index (χ0v) is 6.07. The number of rotatable bonds is 0. The molecule has 1 aliphatic carbocycles. The summed E-state index contributed by atoms with van der Waals surface area (Å²) in [6.45, 7) is 0. The summed E-state index contributed by atoms with van der Waals surface area (Å²) >= 11 is 0. The van der Waals surface area contributed by atoms with E-state index in [0.717, 1.165) is 11.3 Å². The molecule has 0 unspecified atom stereocenters. The van der Waals surface area contributed by atoms with E-state index in [0.29, 0.717) is 6.42 Å². The molecule has 0 spiro atoms. The Kier molecular flexibility index (Phi) is 1.47. The van der Waals surface area contributed by atoms with E-state index in [-0.39, 0.29) is 6.10 Å². The summed E-state index contributed by atoms with van der Waals surface area (Å²) in [7, 11) is 0. The molecule has 1 N–H and O–H groups in total. The molecule has 2 heteroatoms. The van der Waals surface area contributed by atoms with Crippen molar-refractivity contribution in [2.45, 2.75) is 12.5 Å². The number of aromatic nitrogens is 1. The standard InChI is InChI=1S/C9H9NO/c11-8-4-3-7-2-1-5-10-9(7)6-8/h1-5,8,11H,6H2/t8-/m0/s1. The van der Waals surface area contributed by atoms with Crippen molar-refractivity contribution in [3.63, 3.8) is 0 Å². The molecular formula is C9H9NO. The molecule has 1 aromatic rings. The molecule has 2 nitrogen and oxygen atoms in total. The molecule has 0 aliphatic heterocycles. The second-order valence-corrected chi connectivity index (χ2v) is 2.67. The van der Waals surface area contributed by atoms with Crippen LogP contribution in [0, 0.1) is 0 Å². The molecule has 1 atom stereocenters. The van der Waals surface area contributed by atoms with Crippen molar-refractivity contribution in [1.29, 1.82) is 0 Å². The molecule has 56 valence electrons. The van der Waals surface area contributed by atoms with E-state index in [1.54, 1.807) is 12.3 Å². The van der Waals surface area contributed by atoms with Crippen LogP contribution in [0.1, 0.15) is 11.3 Å². The molecule has 0 fully saturated rings. The summed E-state index contributed by atoms with van der Waals surface area (Å²) in [5, 5.41) is 9.23. The van der Waals surface area contributed by atoms with E-state index >= 15 is 0 Å². The predicted octanol–water partition coefficient (Wildman–Crippen LogP) is 1.01. The van der Waals surface area contributed by atoms with Crippen molar-refractivity contribution in [3.8, 4) is 0 Å². The summed E-state index contributed by atoms with van der Waals surface area (Å²) in [6.07, 6.45) is 5.76. The quantitative estimate of drug-likeness (QED) is 0.594. The maximum atomic E-state index is 9.23. The fraction of sp³-hybridized carbons (Fsp3) is 0.222. The third kappa shape index (κ3) is 1.17. The molecule has 0 amide bonds. The van der Waals surface area contributed by atoms with Gasteiger partial charge in [0.25, 0.3) is 0 Å². The van der Waals surface area contributed by atoms with Gasteiger partial charge in [-0.2, -0.15) is 0 Å². The Morgan fingerprint density at radius 1 is 1.55 bits per heavy atom. The fourth-order valence-electron chi connectivity index (χ4n) is 1.25. The van der Waals surface area contributed by atoms with Gasteiger partial charge in [0, 0.05) is 12.6 Å². The van der Waals surface area contributed by atoms with E-state index in [9.17, 15) is 5.11 Å². The van der Waals surface area contributed by atoms with E-state index in [1.165, 1.54) is 0 Å². The van der Waals surface area contributed by atoms with Crippen molar-refractivity contribution in [2.24, 2.45) is 0 Å². The van der Waals surface area contributed by atoms with Gasteiger partial charge in [0.2, 0.25) is 0 Å². The zero-order chi connectivity index (χ0) is 7.68. The Balaban J connectivity index is 2.46. The highest BCUT2D eigenvalue weighted by Crippen LogP contribution is 2.15. The van der Waals surface area contributed by atoms with Gasteiger partial charge in [-0.3, -0.25) is 4.98 Å². The van der Waals surface area contributed by atoms with Crippen LogP contribution in [0.2, 0.25) is 0 Å². The molecule has 0 aromatic carbocycles. The summed E-state index contributed by atoms with van der Waals surface area (Å²) in [6, 6.07) is 3.91. The lowest BCUT2D eigenvalue weighted by atomic mass is 10.0. The first-order valence-corrected chi connectivity index (χ1v) is 3.66. The third-order valence-electron chi connectivity index (χ3n) is 1.83. The van der Waals surface area contributed by atoms with Gasteiger partial charge in [-0.1, -0.05) is 18.2 Å². The summed E-state index contributed by atoms with van der Waals surface area (Å²) in [5.41, 5.74) is 2.11. The monoisotopic (exact) mass is 147 g/mol. The van der Waals surface area contributed by atoms with Crippen LogP contribution in [0.15, 0.2) is 24.4 Å². The Morgan fingerprint density at radius 2 is 2.45 bits per heavy atom. The molecule has 0 saturated heterocycles. The van der Waals surface area contributed by atoms with Crippen LogP contribution in [0.4, 0.5) is 0 Å². The van der Waals surface area contributed by atoms with Crippen LogP contribution in [0.5, 0.6) is 0 Å². The highest BCUT2D eigenvalue weighted by atomic mass is 16.3. The average Bonchev–Trinajstić information content (AvgIpc) is 2.04. The highest BCUT2D eigenvalue weighted by Gasteiger charge is 2.10. The van der Waals surface area contributed by atoms with Crippen LogP contribution < -0.4 is 0 Å². The molecule has 11 heavy (non-hydrogen) atoms. The summed E-state index contributed by atoms with van der Waals surface area (Å²) in [4.78, 5) is 4.16. The fourth-order valence-corrected chi connectivity index (χ4v) is 1.25. The van der Waals surface area contributed by atoms with Crippen LogP contribution in [0.25, 0.3) is 6.08 Å². The SMILES string of the molecule is O[C@H]1C=Cc2cccnc2C1. The van der Waals surface area contributed by atoms with Crippen LogP contribution >= 0.6 is 0 Å². The second-order valence-electron chi connectivity index (χ2n) is 2.67. The lowest BCUT2D eigenvalue weighted by Gasteiger charge is -2.12. The normalized spacial score (nSPS) is 21.4. The molecule has 1 aromatic heterocycles. The highest BCUT2D eigenvalue weighted by molar-refractivity contribution is 5.54. The summed E-state index contributed by atoms with van der Waals surface area (Å²) < 4.78 is 0. The number of aliphatic hydroxyl groups is 1. The van der Waals surface area contributed by atoms with Crippen molar-refractivity contribution in [2.75, 3.05) is 0 Å². The molecule has 1 heterocycles. The predicted molar refractivity (Wildman–Crippen MR) is 43.0 cm³/mol. The minimum atomic E-state index is -0.350. The van der Waals surface area contributed by atoms with Crippen LogP contribution in [-0.4, -0.2) is 16.2 Å². The van der Waals surface area contributed by atoms with Crippen molar-refractivity contribution in [1.82, 2.24) is 4.98 Å². The first-order chi connectivity index (χ1) is 5.36. The lowest BCUT2D eigenvalue weighted by molar-refractivity contribution is 0.222. The molecule has 1 aliphatic rings. The minimum Gasteiger partial charge on any atom is -0.389 e. The van der Waals surface area contributed by atoms with E-state index in [1.807, 2.05) is 18.2 Å². The van der Waals surface area contributed by atoms with E-state index in [4.69, 9.17) is 0 Å². The molecule has 0 saturated carbocycles. The largest absolute Gasteiger partial charge is 0.389 e. The first-order valence-electron chi connectivity index (χ1n) is 3.66. The topological polar surface area (TPSA) is 33.1 Å². The molecule has 2 rings (SSSR count). The number of pyridine rings is 1. The molecule has 0 bridgehead atoms. The van der Waals surface area contributed by atoms with Crippen molar-refractivity contribution < 1.29 is 5.11 Å². The van der Waals surface area contributed by atoms with Gasteiger partial charge in [0.1, 0.15) is 0 Å². The number of hydrogen-bond acceptors (Lipinski definition) is 2. The number of aliphatic hydroxyl groups excluding tert-OH is 1. The van der Waals surface area contributed by atoms with Gasteiger partial charge in [0.05, 0.1) is 11.8 Å². The van der Waals surface area contributed by atoms with Gasteiger partial charge < -0.3 is 5.11 Å². The number of fused-ring (bicyclic) bond motifs is 1. The van der Waals surface area contributed by atoms with Gasteiger partial charge in [-0.15, -0.1) is 0 Å². The maximum absolute atomic E-state index is 9.23. The number of hydrogen-bond donors (Lipinski definition) is 1. The molecule has 0 radical (unpaired) electrons. The Labute approximate surface area is 65.2 Å². The number of nitrogens with zero attached hydrogens (tertiary/aromatic N) is 1. The van der Waals surface area contributed by atoms with Crippen molar-refractivity contribution >= 4 is 6.08 Å². The molecular weight excluding hydrogens is 138 g/mol. The van der Waals surface area contributed by atoms with Gasteiger partial charge in [0.15, 0.2) is 0 Å². The zero-order valence-electron chi connectivity index (χ0n) is 6.07. The second kappa shape index (κ2) is 2.47. The van der Waals surface area contributed by atoms with Gasteiger partial charge in [-0.25, -0.2) is 0 Å². The maximum Gasteiger partial charge on any atom is 0.0779 e. The van der Waals surface area contributed by atoms with E-state index < -0.39 is 0 Å².